The smallest absolute Gasteiger partial charge is 0.224 e. The lowest BCUT2D eigenvalue weighted by Gasteiger charge is -2.09. The molecule has 0 bridgehead atoms. The van der Waals surface area contributed by atoms with Gasteiger partial charge in [0.25, 0.3) is 0 Å². The Labute approximate surface area is 170 Å². The molecular formula is C19H17BrN8. The van der Waals surface area contributed by atoms with Crippen molar-refractivity contribution >= 4 is 33.5 Å². The molecule has 4 aromatic rings. The first kappa shape index (κ1) is 18.1. The molecule has 0 spiro atoms. The van der Waals surface area contributed by atoms with Crippen molar-refractivity contribution < 1.29 is 0 Å². The van der Waals surface area contributed by atoms with Crippen molar-refractivity contribution in [1.82, 2.24) is 30.1 Å². The molecule has 0 aliphatic carbocycles. The molecule has 0 saturated carbocycles. The second-order valence-corrected chi connectivity index (χ2v) is 6.96. The number of halogens is 1. The van der Waals surface area contributed by atoms with Gasteiger partial charge in [-0.1, -0.05) is 6.07 Å². The molecular weight excluding hydrogens is 420 g/mol. The molecule has 0 aromatic carbocycles. The van der Waals surface area contributed by atoms with Crippen molar-refractivity contribution in [3.8, 4) is 11.3 Å². The lowest BCUT2D eigenvalue weighted by atomic mass is 10.1. The van der Waals surface area contributed by atoms with Crippen LogP contribution in [0.4, 0.5) is 17.6 Å². The summed E-state index contributed by atoms with van der Waals surface area (Å²) in [5.41, 5.74) is 3.82. The summed E-state index contributed by atoms with van der Waals surface area (Å²) in [4.78, 5) is 17.5. The summed E-state index contributed by atoms with van der Waals surface area (Å²) >= 11 is 3.46. The molecule has 8 nitrogen and oxygen atoms in total. The molecule has 3 N–H and O–H groups in total. The Hall–Kier alpha value is -3.33. The van der Waals surface area contributed by atoms with Gasteiger partial charge in [0.1, 0.15) is 0 Å². The van der Waals surface area contributed by atoms with E-state index >= 15 is 0 Å². The number of aryl methyl sites for hydroxylation is 1. The minimum atomic E-state index is 0.501. The highest BCUT2D eigenvalue weighted by atomic mass is 79.9. The van der Waals surface area contributed by atoms with E-state index < -0.39 is 0 Å². The normalized spacial score (nSPS) is 10.6. The predicted molar refractivity (Wildman–Crippen MR) is 111 cm³/mol. The van der Waals surface area contributed by atoms with Gasteiger partial charge in [-0.15, -0.1) is 0 Å². The molecule has 140 valence electrons. The Balaban J connectivity index is 1.47. The third-order valence-electron chi connectivity index (χ3n) is 3.90. The number of aromatic amines is 1. The summed E-state index contributed by atoms with van der Waals surface area (Å²) in [7, 11) is 0. The van der Waals surface area contributed by atoms with Crippen LogP contribution >= 0.6 is 15.9 Å². The average molecular weight is 437 g/mol. The first-order valence-electron chi connectivity index (χ1n) is 8.58. The summed E-state index contributed by atoms with van der Waals surface area (Å²) in [6.07, 6.45) is 7.07. The van der Waals surface area contributed by atoms with E-state index in [0.29, 0.717) is 24.1 Å². The number of anilines is 3. The van der Waals surface area contributed by atoms with Gasteiger partial charge < -0.3 is 10.6 Å². The molecule has 0 amide bonds. The Morgan fingerprint density at radius 3 is 2.82 bits per heavy atom. The fourth-order valence-electron chi connectivity index (χ4n) is 2.58. The summed E-state index contributed by atoms with van der Waals surface area (Å²) in [5, 5.41) is 13.4. The number of aromatic nitrogens is 6. The second-order valence-electron chi connectivity index (χ2n) is 6.10. The van der Waals surface area contributed by atoms with E-state index in [9.17, 15) is 0 Å². The summed E-state index contributed by atoms with van der Waals surface area (Å²) < 4.78 is 0.748. The SMILES string of the molecule is Cc1cc(Nc2nc(NCc3cncc(-c4ccccn4)c3)ncc2Br)n[nH]1. The Kier molecular flexibility index (Phi) is 5.24. The van der Waals surface area contributed by atoms with E-state index in [-0.39, 0.29) is 0 Å². The van der Waals surface area contributed by atoms with E-state index in [2.05, 4.69) is 56.7 Å². The zero-order chi connectivity index (χ0) is 19.3. The van der Waals surface area contributed by atoms with Gasteiger partial charge in [-0.3, -0.25) is 15.1 Å². The number of hydrogen-bond donors (Lipinski definition) is 3. The van der Waals surface area contributed by atoms with Crippen molar-refractivity contribution in [3.63, 3.8) is 0 Å². The van der Waals surface area contributed by atoms with Gasteiger partial charge in [0, 0.05) is 48.7 Å². The predicted octanol–water partition coefficient (Wildman–Crippen LogP) is 4.08. The largest absolute Gasteiger partial charge is 0.350 e. The van der Waals surface area contributed by atoms with E-state index in [4.69, 9.17) is 0 Å². The summed E-state index contributed by atoms with van der Waals surface area (Å²) in [6, 6.07) is 9.76. The molecule has 0 atom stereocenters. The monoisotopic (exact) mass is 436 g/mol. The Morgan fingerprint density at radius 1 is 1.11 bits per heavy atom. The molecule has 4 rings (SSSR count). The molecule has 9 heteroatoms. The van der Waals surface area contributed by atoms with E-state index in [1.807, 2.05) is 43.5 Å². The van der Waals surface area contributed by atoms with Crippen LogP contribution in [-0.4, -0.2) is 30.1 Å². The van der Waals surface area contributed by atoms with Gasteiger partial charge in [0.15, 0.2) is 11.6 Å². The fraction of sp³-hybridized carbons (Fsp3) is 0.105. The van der Waals surface area contributed by atoms with E-state index in [1.54, 1.807) is 18.6 Å². The van der Waals surface area contributed by atoms with Crippen molar-refractivity contribution in [1.29, 1.82) is 0 Å². The minimum Gasteiger partial charge on any atom is -0.350 e. The lowest BCUT2D eigenvalue weighted by molar-refractivity contribution is 1.03. The highest BCUT2D eigenvalue weighted by Gasteiger charge is 2.08. The zero-order valence-electron chi connectivity index (χ0n) is 15.0. The van der Waals surface area contributed by atoms with E-state index in [0.717, 1.165) is 27.0 Å². The van der Waals surface area contributed by atoms with Crippen molar-refractivity contribution in [3.05, 3.63) is 70.8 Å². The third kappa shape index (κ3) is 4.32. The molecule has 0 aliphatic heterocycles. The molecule has 0 aliphatic rings. The van der Waals surface area contributed by atoms with Crippen LogP contribution in [-0.2, 0) is 6.54 Å². The van der Waals surface area contributed by atoms with Gasteiger partial charge in [0.05, 0.1) is 10.2 Å². The van der Waals surface area contributed by atoms with Gasteiger partial charge >= 0.3 is 0 Å². The van der Waals surface area contributed by atoms with Crippen LogP contribution in [0.5, 0.6) is 0 Å². The molecule has 4 heterocycles. The van der Waals surface area contributed by atoms with Crippen LogP contribution in [0.3, 0.4) is 0 Å². The number of hydrogen-bond acceptors (Lipinski definition) is 7. The molecule has 0 fully saturated rings. The first-order valence-corrected chi connectivity index (χ1v) is 9.37. The van der Waals surface area contributed by atoms with Gasteiger partial charge in [-0.25, -0.2) is 4.98 Å². The first-order chi connectivity index (χ1) is 13.7. The van der Waals surface area contributed by atoms with Gasteiger partial charge in [-0.2, -0.15) is 10.1 Å². The highest BCUT2D eigenvalue weighted by molar-refractivity contribution is 9.10. The van der Waals surface area contributed by atoms with Crippen LogP contribution in [0.15, 0.2) is 59.6 Å². The Morgan fingerprint density at radius 2 is 2.04 bits per heavy atom. The number of rotatable bonds is 6. The van der Waals surface area contributed by atoms with Crippen LogP contribution in [0.25, 0.3) is 11.3 Å². The van der Waals surface area contributed by atoms with Gasteiger partial charge in [0.2, 0.25) is 5.95 Å². The molecule has 28 heavy (non-hydrogen) atoms. The van der Waals surface area contributed by atoms with Gasteiger partial charge in [-0.05, 0) is 46.6 Å². The van der Waals surface area contributed by atoms with Crippen molar-refractivity contribution in [2.24, 2.45) is 0 Å². The average Bonchev–Trinajstić information content (AvgIpc) is 3.14. The third-order valence-corrected chi connectivity index (χ3v) is 4.48. The topological polar surface area (TPSA) is 104 Å². The maximum absolute atomic E-state index is 4.51. The Bertz CT molecular complexity index is 1080. The molecule has 0 unspecified atom stereocenters. The fourth-order valence-corrected chi connectivity index (χ4v) is 2.87. The number of pyridine rings is 2. The molecule has 4 aromatic heterocycles. The maximum Gasteiger partial charge on any atom is 0.224 e. The maximum atomic E-state index is 4.51. The van der Waals surface area contributed by atoms with Crippen LogP contribution in [0, 0.1) is 6.92 Å². The van der Waals surface area contributed by atoms with Crippen molar-refractivity contribution in [2.75, 3.05) is 10.6 Å². The summed E-state index contributed by atoms with van der Waals surface area (Å²) in [6.45, 7) is 2.48. The highest BCUT2D eigenvalue weighted by Crippen LogP contribution is 2.24. The quantitative estimate of drug-likeness (QED) is 0.418. The number of nitrogens with zero attached hydrogens (tertiary/aromatic N) is 5. The summed E-state index contributed by atoms with van der Waals surface area (Å²) in [5.74, 6) is 1.82. The lowest BCUT2D eigenvalue weighted by Crippen LogP contribution is -2.06. The second kappa shape index (κ2) is 8.13. The van der Waals surface area contributed by atoms with Crippen molar-refractivity contribution in [2.45, 2.75) is 13.5 Å². The standard InChI is InChI=1S/C19H17BrN8/c1-12-6-17(28-27-12)25-18-15(20)11-24-19(26-18)23-9-13-7-14(10-21-8-13)16-4-2-3-5-22-16/h2-8,10-11H,9H2,1H3,(H3,23,24,25,26,27,28). The number of H-pyrrole nitrogens is 1. The number of nitrogens with one attached hydrogen (secondary N) is 3. The van der Waals surface area contributed by atoms with E-state index in [1.165, 1.54) is 0 Å². The minimum absolute atomic E-state index is 0.501. The van der Waals surface area contributed by atoms with Crippen LogP contribution < -0.4 is 10.6 Å². The van der Waals surface area contributed by atoms with Crippen LogP contribution in [0.2, 0.25) is 0 Å². The van der Waals surface area contributed by atoms with Crippen LogP contribution in [0.1, 0.15) is 11.3 Å². The molecule has 0 saturated heterocycles. The molecule has 0 radical (unpaired) electrons. The zero-order valence-corrected chi connectivity index (χ0v) is 16.6.